The Bertz CT molecular complexity index is 929. The van der Waals surface area contributed by atoms with Crippen molar-refractivity contribution in [2.75, 3.05) is 5.32 Å². The number of hydrogen-bond acceptors (Lipinski definition) is 6. The second kappa shape index (κ2) is 10.4. The molecule has 0 radical (unpaired) electrons. The number of ether oxygens (including phenoxy) is 1. The summed E-state index contributed by atoms with van der Waals surface area (Å²) >= 11 is 11.9. The summed E-state index contributed by atoms with van der Waals surface area (Å²) in [5.41, 5.74) is 0.172. The zero-order valence-corrected chi connectivity index (χ0v) is 18.5. The van der Waals surface area contributed by atoms with E-state index in [-0.39, 0.29) is 28.7 Å². The van der Waals surface area contributed by atoms with Crippen LogP contribution < -0.4 is 10.6 Å². The highest BCUT2D eigenvalue weighted by Gasteiger charge is 2.31. The third kappa shape index (κ3) is 6.21. The van der Waals surface area contributed by atoms with Gasteiger partial charge in [-0.25, -0.2) is 4.79 Å². The number of aryl methyl sites for hydroxylation is 1. The van der Waals surface area contributed by atoms with Crippen LogP contribution in [0.2, 0.25) is 10.0 Å². The van der Waals surface area contributed by atoms with Crippen LogP contribution in [0.15, 0.2) is 28.8 Å². The third-order valence-electron chi connectivity index (χ3n) is 4.18. The van der Waals surface area contributed by atoms with Crippen LogP contribution in [0.4, 0.5) is 5.82 Å². The lowest BCUT2D eigenvalue weighted by Crippen LogP contribution is -2.47. The van der Waals surface area contributed by atoms with Crippen LogP contribution in [0, 0.1) is 12.8 Å². The molecule has 0 bridgehead atoms. The number of benzene rings is 1. The molecule has 2 N–H and O–H groups in total. The van der Waals surface area contributed by atoms with Crippen molar-refractivity contribution < 1.29 is 23.6 Å². The zero-order chi connectivity index (χ0) is 22.4. The number of nitrogens with zero attached hydrogens (tertiary/aromatic N) is 1. The summed E-state index contributed by atoms with van der Waals surface area (Å²) in [6.45, 7) is 6.87. The molecule has 2 amide bonds. The molecule has 2 aromatic rings. The molecule has 1 aromatic heterocycles. The molecule has 0 aliphatic carbocycles. The normalized spacial score (nSPS) is 12.9. The molecule has 0 spiro atoms. The fourth-order valence-electron chi connectivity index (χ4n) is 2.56. The largest absolute Gasteiger partial charge is 0.451 e. The van der Waals surface area contributed by atoms with Crippen molar-refractivity contribution in [1.82, 2.24) is 10.5 Å². The summed E-state index contributed by atoms with van der Waals surface area (Å²) in [7, 11) is 0. The van der Waals surface area contributed by atoms with Gasteiger partial charge in [0, 0.05) is 11.1 Å². The number of halogens is 2. The SMILES string of the molecule is CC[C@@H](OC(=O)[C@@H](NC(=O)c1ccc(Cl)cc1Cl)C(C)C)C(=O)Nc1cc(C)on1. The third-order valence-corrected chi connectivity index (χ3v) is 4.73. The van der Waals surface area contributed by atoms with Crippen LogP contribution in [0.5, 0.6) is 0 Å². The van der Waals surface area contributed by atoms with E-state index < -0.39 is 29.9 Å². The fourth-order valence-corrected chi connectivity index (χ4v) is 3.05. The number of anilines is 1. The number of carbonyl (C=O) groups is 3. The molecule has 30 heavy (non-hydrogen) atoms. The number of esters is 1. The average Bonchev–Trinajstić information content (AvgIpc) is 3.07. The minimum absolute atomic E-state index is 0.157. The van der Waals surface area contributed by atoms with E-state index in [9.17, 15) is 14.4 Å². The van der Waals surface area contributed by atoms with Crippen LogP contribution in [-0.4, -0.2) is 35.1 Å². The van der Waals surface area contributed by atoms with E-state index in [0.717, 1.165) is 0 Å². The summed E-state index contributed by atoms with van der Waals surface area (Å²) < 4.78 is 10.3. The van der Waals surface area contributed by atoms with Crippen molar-refractivity contribution in [3.05, 3.63) is 45.6 Å². The maximum absolute atomic E-state index is 12.7. The second-order valence-corrected chi connectivity index (χ2v) is 7.81. The fraction of sp³-hybridized carbons (Fsp3) is 0.400. The highest BCUT2D eigenvalue weighted by atomic mass is 35.5. The Labute approximate surface area is 184 Å². The highest BCUT2D eigenvalue weighted by molar-refractivity contribution is 6.36. The van der Waals surface area contributed by atoms with E-state index in [1.54, 1.807) is 33.8 Å². The number of carbonyl (C=O) groups excluding carboxylic acids is 3. The minimum atomic E-state index is -1.06. The zero-order valence-electron chi connectivity index (χ0n) is 17.0. The van der Waals surface area contributed by atoms with E-state index in [4.69, 9.17) is 32.5 Å². The molecule has 0 aliphatic rings. The predicted octanol–water partition coefficient (Wildman–Crippen LogP) is 4.00. The van der Waals surface area contributed by atoms with Crippen molar-refractivity contribution in [1.29, 1.82) is 0 Å². The second-order valence-electron chi connectivity index (χ2n) is 6.97. The lowest BCUT2D eigenvalue weighted by molar-refractivity contribution is -0.157. The van der Waals surface area contributed by atoms with Crippen molar-refractivity contribution in [3.8, 4) is 0 Å². The molecule has 0 unspecified atom stereocenters. The lowest BCUT2D eigenvalue weighted by Gasteiger charge is -2.24. The molecule has 0 saturated carbocycles. The molecule has 10 heteroatoms. The number of nitrogens with one attached hydrogen (secondary N) is 2. The van der Waals surface area contributed by atoms with E-state index >= 15 is 0 Å². The number of rotatable bonds is 8. The Kier molecular flexibility index (Phi) is 8.25. The number of hydrogen-bond donors (Lipinski definition) is 2. The van der Waals surface area contributed by atoms with Crippen molar-refractivity contribution >= 4 is 46.8 Å². The lowest BCUT2D eigenvalue weighted by atomic mass is 10.0. The van der Waals surface area contributed by atoms with Crippen LogP contribution >= 0.6 is 23.2 Å². The van der Waals surface area contributed by atoms with Crippen LogP contribution in [0.1, 0.15) is 43.3 Å². The van der Waals surface area contributed by atoms with Gasteiger partial charge in [-0.3, -0.25) is 9.59 Å². The Hall–Kier alpha value is -2.58. The van der Waals surface area contributed by atoms with Crippen LogP contribution in [0.3, 0.4) is 0 Å². The molecule has 1 heterocycles. The van der Waals surface area contributed by atoms with Crippen molar-refractivity contribution in [2.45, 2.75) is 46.3 Å². The first-order chi connectivity index (χ1) is 14.1. The highest BCUT2D eigenvalue weighted by Crippen LogP contribution is 2.21. The molecule has 0 saturated heterocycles. The Morgan fingerprint density at radius 2 is 1.90 bits per heavy atom. The molecule has 1 aromatic carbocycles. The Morgan fingerprint density at radius 1 is 1.20 bits per heavy atom. The molecular weight excluding hydrogens is 433 g/mol. The predicted molar refractivity (Wildman–Crippen MR) is 113 cm³/mol. The Balaban J connectivity index is 2.07. The smallest absolute Gasteiger partial charge is 0.329 e. The van der Waals surface area contributed by atoms with Gasteiger partial charge in [0.15, 0.2) is 11.9 Å². The molecule has 0 aliphatic heterocycles. The molecular formula is C20H23Cl2N3O5. The topological polar surface area (TPSA) is 111 Å². The summed E-state index contributed by atoms with van der Waals surface area (Å²) in [4.78, 5) is 37.7. The monoisotopic (exact) mass is 455 g/mol. The van der Waals surface area contributed by atoms with E-state index in [2.05, 4.69) is 15.8 Å². The van der Waals surface area contributed by atoms with Crippen molar-refractivity contribution in [2.24, 2.45) is 5.92 Å². The van der Waals surface area contributed by atoms with Gasteiger partial charge in [0.1, 0.15) is 11.8 Å². The van der Waals surface area contributed by atoms with Gasteiger partial charge in [-0.05, 0) is 37.5 Å². The quantitative estimate of drug-likeness (QED) is 0.581. The van der Waals surface area contributed by atoms with Gasteiger partial charge in [-0.2, -0.15) is 0 Å². The molecule has 8 nitrogen and oxygen atoms in total. The van der Waals surface area contributed by atoms with Gasteiger partial charge >= 0.3 is 5.97 Å². The van der Waals surface area contributed by atoms with Crippen LogP contribution in [0.25, 0.3) is 0 Å². The molecule has 2 atom stereocenters. The Morgan fingerprint density at radius 3 is 2.43 bits per heavy atom. The molecule has 2 rings (SSSR count). The minimum Gasteiger partial charge on any atom is -0.451 e. The van der Waals surface area contributed by atoms with Crippen LogP contribution in [-0.2, 0) is 14.3 Å². The average molecular weight is 456 g/mol. The first-order valence-electron chi connectivity index (χ1n) is 9.33. The van der Waals surface area contributed by atoms with E-state index in [1.165, 1.54) is 18.2 Å². The number of aromatic nitrogens is 1. The summed E-state index contributed by atoms with van der Waals surface area (Å²) in [5.74, 6) is -1.39. The summed E-state index contributed by atoms with van der Waals surface area (Å²) in [6, 6.07) is 4.97. The van der Waals surface area contributed by atoms with E-state index in [1.807, 2.05) is 0 Å². The summed E-state index contributed by atoms with van der Waals surface area (Å²) in [6.07, 6.45) is -0.831. The van der Waals surface area contributed by atoms with Gasteiger partial charge in [0.25, 0.3) is 11.8 Å². The van der Waals surface area contributed by atoms with Gasteiger partial charge < -0.3 is 19.9 Å². The van der Waals surface area contributed by atoms with Crippen molar-refractivity contribution in [3.63, 3.8) is 0 Å². The molecule has 0 fully saturated rings. The molecule has 162 valence electrons. The van der Waals surface area contributed by atoms with Gasteiger partial charge in [0.05, 0.1) is 10.6 Å². The maximum atomic E-state index is 12.7. The first-order valence-corrected chi connectivity index (χ1v) is 10.1. The van der Waals surface area contributed by atoms with Gasteiger partial charge in [-0.1, -0.05) is 49.1 Å². The number of amides is 2. The van der Waals surface area contributed by atoms with Gasteiger partial charge in [-0.15, -0.1) is 0 Å². The van der Waals surface area contributed by atoms with E-state index in [0.29, 0.717) is 10.8 Å². The maximum Gasteiger partial charge on any atom is 0.329 e. The summed E-state index contributed by atoms with van der Waals surface area (Å²) in [5, 5.41) is 9.36. The van der Waals surface area contributed by atoms with Gasteiger partial charge in [0.2, 0.25) is 0 Å². The standard InChI is InChI=1S/C20H23Cl2N3O5/c1-5-15(19(27)23-16-8-11(4)30-25-16)29-20(28)17(10(2)3)24-18(26)13-7-6-12(21)9-14(13)22/h6-10,15,17H,5H2,1-4H3,(H,24,26)(H,23,25,27)/t15-,17+/m1/s1. The first kappa shape index (κ1) is 23.7.